The van der Waals surface area contributed by atoms with Gasteiger partial charge in [0, 0.05) is 11.1 Å². The monoisotopic (exact) mass is 404 g/mol. The highest BCUT2D eigenvalue weighted by Crippen LogP contribution is 2.59. The number of carboxylic acids is 1. The Hall–Kier alpha value is -2.46. The van der Waals surface area contributed by atoms with Gasteiger partial charge in [0.15, 0.2) is 17.0 Å². The van der Waals surface area contributed by atoms with Crippen LogP contribution in [0.2, 0.25) is 0 Å². The highest BCUT2D eigenvalue weighted by molar-refractivity contribution is 6.32. The zero-order chi connectivity index (χ0) is 21.0. The van der Waals surface area contributed by atoms with E-state index in [0.29, 0.717) is 12.8 Å². The summed E-state index contributed by atoms with van der Waals surface area (Å²) in [6, 6.07) is 6.28. The van der Waals surface area contributed by atoms with E-state index >= 15 is 0 Å². The first kappa shape index (κ1) is 19.8. The third-order valence-corrected chi connectivity index (χ3v) is 5.87. The number of hydrogen-bond donors (Lipinski definition) is 1. The molecule has 0 spiro atoms. The Morgan fingerprint density at radius 2 is 1.52 bits per heavy atom. The lowest BCUT2D eigenvalue weighted by atomic mass is 9.67. The average Bonchev–Trinajstić information content (AvgIpc) is 3.62. The third kappa shape index (κ3) is 2.42. The Balaban J connectivity index is 1.81. The molecule has 4 rings (SSSR count). The molecule has 154 valence electrons. The van der Waals surface area contributed by atoms with Crippen molar-refractivity contribution in [3.8, 4) is 0 Å². The van der Waals surface area contributed by atoms with Gasteiger partial charge in [0.1, 0.15) is 0 Å². The Kier molecular flexibility index (Phi) is 4.47. The molecule has 2 saturated heterocycles. The van der Waals surface area contributed by atoms with Gasteiger partial charge in [-0.25, -0.2) is 4.79 Å². The summed E-state index contributed by atoms with van der Waals surface area (Å²) in [6.07, 6.45) is 0.905. The maximum atomic E-state index is 13.5. The van der Waals surface area contributed by atoms with Crippen molar-refractivity contribution in [2.24, 2.45) is 11.3 Å². The number of hydrogen-bond acceptors (Lipinski definition) is 8. The summed E-state index contributed by atoms with van der Waals surface area (Å²) < 4.78 is 0. The Morgan fingerprint density at radius 3 is 1.90 bits per heavy atom. The predicted molar refractivity (Wildman–Crippen MR) is 93.3 cm³/mol. The molecular weight excluding hydrogens is 384 g/mol. The number of benzene rings is 1. The molecule has 2 aliphatic heterocycles. The number of carbonyl (C=O) groups is 4. The number of Topliss-reactive ketones (excluding diaryl/α,β-unsaturated/α-hetero) is 3. The van der Waals surface area contributed by atoms with Crippen LogP contribution in [0.25, 0.3) is 0 Å². The van der Waals surface area contributed by atoms with E-state index in [9.17, 15) is 24.3 Å². The van der Waals surface area contributed by atoms with Crippen molar-refractivity contribution in [2.75, 3.05) is 0 Å². The molecule has 2 fully saturated rings. The second kappa shape index (κ2) is 6.53. The fraction of sp³-hybridized carbons (Fsp3) is 0.500. The summed E-state index contributed by atoms with van der Waals surface area (Å²) in [4.78, 5) is 71.5. The van der Waals surface area contributed by atoms with Crippen molar-refractivity contribution in [3.63, 3.8) is 0 Å². The van der Waals surface area contributed by atoms with Crippen LogP contribution in [0.1, 0.15) is 60.2 Å². The Labute approximate surface area is 165 Å². The minimum absolute atomic E-state index is 0.00567. The summed E-state index contributed by atoms with van der Waals surface area (Å²) in [6.45, 7) is 3.52. The normalized spacial score (nSPS) is 23.4. The van der Waals surface area contributed by atoms with Gasteiger partial charge < -0.3 is 5.11 Å². The molecule has 0 aromatic heterocycles. The van der Waals surface area contributed by atoms with Crippen molar-refractivity contribution in [1.29, 1.82) is 0 Å². The smallest absolute Gasteiger partial charge is 0.371 e. The van der Waals surface area contributed by atoms with Crippen LogP contribution < -0.4 is 0 Å². The van der Waals surface area contributed by atoms with Gasteiger partial charge in [-0.05, 0) is 12.8 Å². The minimum Gasteiger partial charge on any atom is -0.477 e. The van der Waals surface area contributed by atoms with Crippen molar-refractivity contribution in [3.05, 3.63) is 35.4 Å². The zero-order valence-electron chi connectivity index (χ0n) is 15.9. The van der Waals surface area contributed by atoms with E-state index in [1.807, 2.05) is 0 Å². The molecule has 3 aliphatic rings. The summed E-state index contributed by atoms with van der Waals surface area (Å²) >= 11 is 0. The fourth-order valence-electron chi connectivity index (χ4n) is 4.38. The molecule has 9 heteroatoms. The molecule has 2 heterocycles. The average molecular weight is 404 g/mol. The van der Waals surface area contributed by atoms with E-state index in [4.69, 9.17) is 9.78 Å². The van der Waals surface area contributed by atoms with Crippen molar-refractivity contribution >= 4 is 23.3 Å². The second-order valence-corrected chi connectivity index (χ2v) is 7.49. The van der Waals surface area contributed by atoms with Crippen LogP contribution in [0.3, 0.4) is 0 Å². The molecule has 0 radical (unpaired) electrons. The molecule has 1 aliphatic carbocycles. The van der Waals surface area contributed by atoms with Gasteiger partial charge in [0.25, 0.3) is 0 Å². The van der Waals surface area contributed by atoms with E-state index in [2.05, 4.69) is 9.78 Å². The van der Waals surface area contributed by atoms with Crippen LogP contribution in [-0.4, -0.2) is 40.0 Å². The van der Waals surface area contributed by atoms with Crippen molar-refractivity contribution < 1.29 is 43.8 Å². The van der Waals surface area contributed by atoms with Crippen molar-refractivity contribution in [1.82, 2.24) is 0 Å². The molecule has 1 atom stereocenters. The number of aliphatic carboxylic acids is 1. The van der Waals surface area contributed by atoms with E-state index in [1.165, 1.54) is 12.1 Å². The molecule has 0 saturated carbocycles. The van der Waals surface area contributed by atoms with Crippen LogP contribution >= 0.6 is 0 Å². The summed E-state index contributed by atoms with van der Waals surface area (Å²) in [5, 5.41) is 9.50. The highest BCUT2D eigenvalue weighted by Gasteiger charge is 2.81. The Bertz CT molecular complexity index is 875. The lowest BCUT2D eigenvalue weighted by Gasteiger charge is -2.30. The second-order valence-electron chi connectivity index (χ2n) is 7.49. The van der Waals surface area contributed by atoms with Crippen LogP contribution in [0, 0.1) is 11.3 Å². The van der Waals surface area contributed by atoms with Crippen LogP contribution in [0.5, 0.6) is 0 Å². The minimum atomic E-state index is -2.20. The van der Waals surface area contributed by atoms with Gasteiger partial charge in [-0.3, -0.25) is 14.4 Å². The number of ketones is 3. The first-order valence-corrected chi connectivity index (χ1v) is 9.52. The number of fused-ring (bicyclic) bond motifs is 1. The van der Waals surface area contributed by atoms with Gasteiger partial charge in [0.05, 0.1) is 5.92 Å². The topological polar surface area (TPSA) is 139 Å². The van der Waals surface area contributed by atoms with Gasteiger partial charge in [-0.1, -0.05) is 51.0 Å². The maximum Gasteiger partial charge on any atom is 0.371 e. The standard InChI is InChI=1S/C20H20O9/c1-3-7-13(19(17(24)25)26-27-19)16(23)20(28-29-20)18(10-4-2)14(21)11-8-5-6-9-12(11)15(18)22/h5-6,8-9,13H,3-4,7,10H2,1-2H3,(H,24,25). The first-order chi connectivity index (χ1) is 13.8. The summed E-state index contributed by atoms with van der Waals surface area (Å²) in [7, 11) is 0. The van der Waals surface area contributed by atoms with Crippen LogP contribution in [-0.2, 0) is 29.1 Å². The summed E-state index contributed by atoms with van der Waals surface area (Å²) in [5.74, 6) is -9.13. The molecular formula is C20H20O9. The van der Waals surface area contributed by atoms with Crippen LogP contribution in [0.15, 0.2) is 24.3 Å². The van der Waals surface area contributed by atoms with E-state index < -0.39 is 46.2 Å². The molecule has 29 heavy (non-hydrogen) atoms. The van der Waals surface area contributed by atoms with Gasteiger partial charge >= 0.3 is 17.5 Å². The summed E-state index contributed by atoms with van der Waals surface area (Å²) in [5.41, 5.74) is -1.53. The van der Waals surface area contributed by atoms with Crippen molar-refractivity contribution in [2.45, 2.75) is 51.1 Å². The van der Waals surface area contributed by atoms with Gasteiger partial charge in [0.2, 0.25) is 5.78 Å². The molecule has 1 unspecified atom stereocenters. The number of rotatable bonds is 9. The Morgan fingerprint density at radius 1 is 0.966 bits per heavy atom. The molecule has 1 N–H and O–H groups in total. The third-order valence-electron chi connectivity index (χ3n) is 5.87. The van der Waals surface area contributed by atoms with E-state index in [0.717, 1.165) is 0 Å². The van der Waals surface area contributed by atoms with E-state index in [-0.39, 0.29) is 24.0 Å². The number of carboxylic acid groups (broad SMARTS) is 1. The van der Waals surface area contributed by atoms with Crippen LogP contribution in [0.4, 0.5) is 0 Å². The lowest BCUT2D eigenvalue weighted by Crippen LogP contribution is -2.56. The molecule has 0 amide bonds. The first-order valence-electron chi connectivity index (χ1n) is 9.52. The zero-order valence-corrected chi connectivity index (χ0v) is 15.9. The lowest BCUT2D eigenvalue weighted by molar-refractivity contribution is -0.152. The quantitative estimate of drug-likeness (QED) is 0.373. The fourth-order valence-corrected chi connectivity index (χ4v) is 4.38. The van der Waals surface area contributed by atoms with E-state index in [1.54, 1.807) is 26.0 Å². The van der Waals surface area contributed by atoms with Gasteiger partial charge in [-0.15, -0.1) is 0 Å². The molecule has 1 aromatic carbocycles. The molecule has 0 bridgehead atoms. The number of carbonyl (C=O) groups excluding carboxylic acids is 3. The largest absolute Gasteiger partial charge is 0.477 e. The van der Waals surface area contributed by atoms with Gasteiger partial charge in [-0.2, -0.15) is 19.6 Å². The molecule has 1 aromatic rings. The maximum absolute atomic E-state index is 13.5. The molecule has 9 nitrogen and oxygen atoms in total. The highest BCUT2D eigenvalue weighted by atomic mass is 17.4. The SMILES string of the molecule is CCCC(C(=O)C1(C2(CCC)C(=O)c3ccccc3C2=O)OO1)C1(C(=O)O)OO1. The predicted octanol–water partition coefficient (Wildman–Crippen LogP) is 2.24.